The summed E-state index contributed by atoms with van der Waals surface area (Å²) < 4.78 is 11.1. The van der Waals surface area contributed by atoms with Crippen molar-refractivity contribution in [2.45, 2.75) is 52.6 Å². The van der Waals surface area contributed by atoms with E-state index < -0.39 is 0 Å². The normalized spacial score (nSPS) is 17.9. The minimum absolute atomic E-state index is 0.283. The SMILES string of the molecule is CCNC(=NCCCOC1CCOC1)NCCc1nc(CC)c(C)s1. The van der Waals surface area contributed by atoms with Gasteiger partial charge in [-0.05, 0) is 33.1 Å². The molecule has 1 aliphatic heterocycles. The number of ether oxygens (including phenoxy) is 2. The van der Waals surface area contributed by atoms with Gasteiger partial charge in [0.25, 0.3) is 0 Å². The van der Waals surface area contributed by atoms with Crippen LogP contribution in [0.2, 0.25) is 0 Å². The molecule has 0 saturated carbocycles. The first-order valence-electron chi connectivity index (χ1n) is 9.39. The van der Waals surface area contributed by atoms with Crippen LogP contribution in [0.3, 0.4) is 0 Å². The van der Waals surface area contributed by atoms with Crippen LogP contribution in [-0.2, 0) is 22.3 Å². The summed E-state index contributed by atoms with van der Waals surface area (Å²) in [6.45, 7) is 11.2. The zero-order valence-electron chi connectivity index (χ0n) is 15.8. The van der Waals surface area contributed by atoms with Gasteiger partial charge in [-0.1, -0.05) is 6.92 Å². The molecule has 6 nitrogen and oxygen atoms in total. The van der Waals surface area contributed by atoms with E-state index in [9.17, 15) is 0 Å². The average Bonchev–Trinajstić information content (AvgIpc) is 3.24. The summed E-state index contributed by atoms with van der Waals surface area (Å²) in [7, 11) is 0. The summed E-state index contributed by atoms with van der Waals surface area (Å²) >= 11 is 1.80. The minimum Gasteiger partial charge on any atom is -0.379 e. The highest BCUT2D eigenvalue weighted by molar-refractivity contribution is 7.11. The van der Waals surface area contributed by atoms with Crippen LogP contribution in [-0.4, -0.2) is 56.5 Å². The van der Waals surface area contributed by atoms with E-state index in [1.165, 1.54) is 15.6 Å². The van der Waals surface area contributed by atoms with Gasteiger partial charge in [-0.25, -0.2) is 4.98 Å². The van der Waals surface area contributed by atoms with Crippen LogP contribution < -0.4 is 10.6 Å². The van der Waals surface area contributed by atoms with Gasteiger partial charge >= 0.3 is 0 Å². The molecule has 0 radical (unpaired) electrons. The predicted molar refractivity (Wildman–Crippen MR) is 104 cm³/mol. The molecule has 1 aromatic rings. The first kappa shape index (κ1) is 20.1. The Bertz CT molecular complexity index is 527. The predicted octanol–water partition coefficient (Wildman–Crippen LogP) is 2.31. The van der Waals surface area contributed by atoms with Crippen LogP contribution in [0.15, 0.2) is 4.99 Å². The topological polar surface area (TPSA) is 67.8 Å². The monoisotopic (exact) mass is 368 g/mol. The molecule has 1 fully saturated rings. The van der Waals surface area contributed by atoms with Gasteiger partial charge in [-0.2, -0.15) is 0 Å². The van der Waals surface area contributed by atoms with Gasteiger partial charge in [0.1, 0.15) is 0 Å². The first-order chi connectivity index (χ1) is 12.2. The van der Waals surface area contributed by atoms with E-state index in [1.54, 1.807) is 11.3 Å². The van der Waals surface area contributed by atoms with Gasteiger partial charge in [0.05, 0.1) is 23.4 Å². The van der Waals surface area contributed by atoms with Crippen LogP contribution in [0, 0.1) is 6.92 Å². The third-order valence-electron chi connectivity index (χ3n) is 4.06. The Balaban J connectivity index is 1.65. The Kier molecular flexibility index (Phi) is 9.21. The number of rotatable bonds is 10. The number of aliphatic imine (C=N–C) groups is 1. The molecule has 2 rings (SSSR count). The zero-order valence-corrected chi connectivity index (χ0v) is 16.6. The lowest BCUT2D eigenvalue weighted by atomic mass is 10.3. The Morgan fingerprint density at radius 2 is 2.28 bits per heavy atom. The van der Waals surface area contributed by atoms with Crippen LogP contribution >= 0.6 is 11.3 Å². The van der Waals surface area contributed by atoms with Crippen molar-refractivity contribution in [2.24, 2.45) is 4.99 Å². The minimum atomic E-state index is 0.283. The Morgan fingerprint density at radius 1 is 1.40 bits per heavy atom. The molecule has 0 amide bonds. The lowest BCUT2D eigenvalue weighted by Gasteiger charge is -2.11. The van der Waals surface area contributed by atoms with Gasteiger partial charge in [0, 0.05) is 44.1 Å². The second kappa shape index (κ2) is 11.4. The van der Waals surface area contributed by atoms with E-state index >= 15 is 0 Å². The smallest absolute Gasteiger partial charge is 0.191 e. The molecule has 2 N–H and O–H groups in total. The molecule has 0 bridgehead atoms. The Labute approximate surface area is 155 Å². The van der Waals surface area contributed by atoms with E-state index in [-0.39, 0.29) is 6.10 Å². The number of hydrogen-bond acceptors (Lipinski definition) is 5. The first-order valence-corrected chi connectivity index (χ1v) is 10.2. The maximum absolute atomic E-state index is 5.77. The van der Waals surface area contributed by atoms with E-state index in [1.807, 2.05) is 0 Å². The van der Waals surface area contributed by atoms with Gasteiger partial charge in [0.2, 0.25) is 0 Å². The number of aryl methyl sites for hydroxylation is 2. The lowest BCUT2D eigenvalue weighted by molar-refractivity contribution is 0.0424. The Morgan fingerprint density at radius 3 is 2.96 bits per heavy atom. The van der Waals surface area contributed by atoms with E-state index in [0.29, 0.717) is 0 Å². The molecule has 1 atom stereocenters. The molecule has 2 heterocycles. The van der Waals surface area contributed by atoms with Crippen molar-refractivity contribution in [3.63, 3.8) is 0 Å². The summed E-state index contributed by atoms with van der Waals surface area (Å²) in [6, 6.07) is 0. The molecule has 1 aromatic heterocycles. The second-order valence-electron chi connectivity index (χ2n) is 6.11. The largest absolute Gasteiger partial charge is 0.379 e. The lowest BCUT2D eigenvalue weighted by Crippen LogP contribution is -2.38. The van der Waals surface area contributed by atoms with Gasteiger partial charge in [0.15, 0.2) is 5.96 Å². The highest BCUT2D eigenvalue weighted by Crippen LogP contribution is 2.17. The molecule has 1 saturated heterocycles. The maximum atomic E-state index is 5.77. The average molecular weight is 369 g/mol. The molecule has 0 aromatic carbocycles. The highest BCUT2D eigenvalue weighted by Gasteiger charge is 2.15. The van der Waals surface area contributed by atoms with Crippen molar-refractivity contribution >= 4 is 17.3 Å². The van der Waals surface area contributed by atoms with Crippen LogP contribution in [0.4, 0.5) is 0 Å². The Hall–Kier alpha value is -1.18. The fourth-order valence-electron chi connectivity index (χ4n) is 2.70. The standard InChI is InChI=1S/C18H32N4O2S/c1-4-16-14(3)25-17(22-16)7-10-21-18(19-5-2)20-9-6-11-24-15-8-12-23-13-15/h15H,4-13H2,1-3H3,(H2,19,20,21). The van der Waals surface area contributed by atoms with Crippen molar-refractivity contribution in [3.8, 4) is 0 Å². The van der Waals surface area contributed by atoms with Gasteiger partial charge in [-0.15, -0.1) is 11.3 Å². The van der Waals surface area contributed by atoms with Gasteiger partial charge in [-0.3, -0.25) is 4.99 Å². The molecular weight excluding hydrogens is 336 g/mol. The van der Waals surface area contributed by atoms with Crippen LogP contribution in [0.25, 0.3) is 0 Å². The highest BCUT2D eigenvalue weighted by atomic mass is 32.1. The fraction of sp³-hybridized carbons (Fsp3) is 0.778. The summed E-state index contributed by atoms with van der Waals surface area (Å²) in [5, 5.41) is 7.88. The quantitative estimate of drug-likeness (QED) is 0.377. The molecule has 0 aliphatic carbocycles. The van der Waals surface area contributed by atoms with E-state index in [0.717, 1.165) is 71.1 Å². The number of thiazole rings is 1. The molecule has 1 unspecified atom stereocenters. The van der Waals surface area contributed by atoms with Crippen molar-refractivity contribution in [3.05, 3.63) is 15.6 Å². The summed E-state index contributed by atoms with van der Waals surface area (Å²) in [6.07, 6.45) is 4.17. The molecule has 1 aliphatic rings. The maximum Gasteiger partial charge on any atom is 0.191 e. The van der Waals surface area contributed by atoms with Crippen molar-refractivity contribution in [1.29, 1.82) is 0 Å². The zero-order chi connectivity index (χ0) is 17.9. The molecular formula is C18H32N4O2S. The number of nitrogens with zero attached hydrogens (tertiary/aromatic N) is 2. The number of hydrogen-bond donors (Lipinski definition) is 2. The third kappa shape index (κ3) is 7.30. The summed E-state index contributed by atoms with van der Waals surface area (Å²) in [4.78, 5) is 10.6. The van der Waals surface area contributed by atoms with E-state index in [4.69, 9.17) is 9.47 Å². The molecule has 7 heteroatoms. The number of aromatic nitrogens is 1. The van der Waals surface area contributed by atoms with Crippen molar-refractivity contribution < 1.29 is 9.47 Å². The molecule has 142 valence electrons. The third-order valence-corrected chi connectivity index (χ3v) is 5.13. The number of nitrogens with one attached hydrogen (secondary N) is 2. The molecule has 25 heavy (non-hydrogen) atoms. The van der Waals surface area contributed by atoms with Crippen LogP contribution in [0.5, 0.6) is 0 Å². The van der Waals surface area contributed by atoms with Gasteiger partial charge < -0.3 is 20.1 Å². The summed E-state index contributed by atoms with van der Waals surface area (Å²) in [5.41, 5.74) is 1.23. The van der Waals surface area contributed by atoms with Crippen LogP contribution in [0.1, 0.15) is 42.3 Å². The van der Waals surface area contributed by atoms with Crippen molar-refractivity contribution in [2.75, 3.05) is 39.5 Å². The molecule has 0 spiro atoms. The number of guanidine groups is 1. The van der Waals surface area contributed by atoms with E-state index in [2.05, 4.69) is 41.4 Å². The fourth-order valence-corrected chi connectivity index (χ4v) is 3.72. The summed E-state index contributed by atoms with van der Waals surface area (Å²) in [5.74, 6) is 0.871. The second-order valence-corrected chi connectivity index (χ2v) is 7.40. The van der Waals surface area contributed by atoms with Crippen molar-refractivity contribution in [1.82, 2.24) is 15.6 Å².